The molecule has 0 spiro atoms. The molecule has 0 amide bonds. The van der Waals surface area contributed by atoms with Gasteiger partial charge in [-0.15, -0.1) is 0 Å². The van der Waals surface area contributed by atoms with Crippen LogP contribution in [0.2, 0.25) is 5.02 Å². The van der Waals surface area contributed by atoms with Crippen LogP contribution in [-0.4, -0.2) is 23.6 Å². The molecule has 0 aliphatic carbocycles. The summed E-state index contributed by atoms with van der Waals surface area (Å²) in [6.45, 7) is 3.08. The Morgan fingerprint density at radius 2 is 2.00 bits per heavy atom. The van der Waals surface area contributed by atoms with E-state index in [4.69, 9.17) is 16.0 Å². The Balaban J connectivity index is 1.95. The number of nitrogens with zero attached hydrogens (tertiary/aromatic N) is 1. The summed E-state index contributed by atoms with van der Waals surface area (Å²) in [6.07, 6.45) is -0.602. The average Bonchev–Trinajstić information content (AvgIpc) is 2.74. The molecule has 0 bridgehead atoms. The van der Waals surface area contributed by atoms with E-state index >= 15 is 0 Å². The SMILES string of the molecule is Cc1ccc(CN(C)CC(O)c2ccccc2Cl)o1. The maximum atomic E-state index is 10.2. The molecule has 0 saturated carbocycles. The Hall–Kier alpha value is -1.29. The molecule has 1 atom stereocenters. The van der Waals surface area contributed by atoms with E-state index in [0.717, 1.165) is 17.1 Å². The molecule has 0 fully saturated rings. The predicted molar refractivity (Wildman–Crippen MR) is 76.2 cm³/mol. The molecule has 1 heterocycles. The van der Waals surface area contributed by atoms with E-state index in [1.807, 2.05) is 49.2 Å². The van der Waals surface area contributed by atoms with Gasteiger partial charge >= 0.3 is 0 Å². The van der Waals surface area contributed by atoms with Crippen molar-refractivity contribution in [2.24, 2.45) is 0 Å². The lowest BCUT2D eigenvalue weighted by atomic mass is 10.1. The molecule has 4 heteroatoms. The molecule has 2 rings (SSSR count). The highest BCUT2D eigenvalue weighted by Crippen LogP contribution is 2.23. The summed E-state index contributed by atoms with van der Waals surface area (Å²) in [6, 6.07) is 11.3. The number of likely N-dealkylation sites (N-methyl/N-ethyl adjacent to an activating group) is 1. The van der Waals surface area contributed by atoms with Crippen LogP contribution >= 0.6 is 11.6 Å². The van der Waals surface area contributed by atoms with Crippen LogP contribution in [0.4, 0.5) is 0 Å². The number of benzene rings is 1. The lowest BCUT2D eigenvalue weighted by Crippen LogP contribution is -2.24. The maximum Gasteiger partial charge on any atom is 0.118 e. The van der Waals surface area contributed by atoms with Gasteiger partial charge in [-0.25, -0.2) is 0 Å². The van der Waals surface area contributed by atoms with Gasteiger partial charge in [-0.05, 0) is 32.2 Å². The van der Waals surface area contributed by atoms with Crippen molar-refractivity contribution in [3.63, 3.8) is 0 Å². The smallest absolute Gasteiger partial charge is 0.118 e. The first-order chi connectivity index (χ1) is 9.06. The minimum atomic E-state index is -0.602. The minimum Gasteiger partial charge on any atom is -0.465 e. The van der Waals surface area contributed by atoms with E-state index in [2.05, 4.69) is 0 Å². The van der Waals surface area contributed by atoms with Crippen LogP contribution < -0.4 is 0 Å². The zero-order chi connectivity index (χ0) is 13.8. The van der Waals surface area contributed by atoms with E-state index in [9.17, 15) is 5.11 Å². The molecule has 0 aliphatic rings. The fourth-order valence-electron chi connectivity index (χ4n) is 2.04. The molecule has 102 valence electrons. The number of halogens is 1. The lowest BCUT2D eigenvalue weighted by Gasteiger charge is -2.20. The monoisotopic (exact) mass is 279 g/mol. The first-order valence-electron chi connectivity index (χ1n) is 6.22. The lowest BCUT2D eigenvalue weighted by molar-refractivity contribution is 0.120. The molecule has 3 nitrogen and oxygen atoms in total. The van der Waals surface area contributed by atoms with Gasteiger partial charge in [0.25, 0.3) is 0 Å². The van der Waals surface area contributed by atoms with E-state index in [1.54, 1.807) is 6.07 Å². The molecule has 1 aromatic heterocycles. The highest BCUT2D eigenvalue weighted by Gasteiger charge is 2.14. The third-order valence-corrected chi connectivity index (χ3v) is 3.31. The summed E-state index contributed by atoms with van der Waals surface area (Å²) in [5.41, 5.74) is 0.756. The topological polar surface area (TPSA) is 36.6 Å². The van der Waals surface area contributed by atoms with Crippen molar-refractivity contribution in [3.05, 3.63) is 58.5 Å². The van der Waals surface area contributed by atoms with Gasteiger partial charge in [-0.2, -0.15) is 0 Å². The predicted octanol–water partition coefficient (Wildman–Crippen LogP) is 3.41. The Bertz CT molecular complexity index is 538. The third kappa shape index (κ3) is 3.83. The van der Waals surface area contributed by atoms with Gasteiger partial charge in [0, 0.05) is 17.1 Å². The normalized spacial score (nSPS) is 12.9. The van der Waals surface area contributed by atoms with Crippen LogP contribution in [0.5, 0.6) is 0 Å². The molecule has 19 heavy (non-hydrogen) atoms. The largest absolute Gasteiger partial charge is 0.465 e. The molecule has 1 unspecified atom stereocenters. The Morgan fingerprint density at radius 3 is 2.63 bits per heavy atom. The quantitative estimate of drug-likeness (QED) is 0.911. The van der Waals surface area contributed by atoms with Gasteiger partial charge in [0.05, 0.1) is 12.6 Å². The van der Waals surface area contributed by atoms with Gasteiger partial charge in [-0.3, -0.25) is 4.90 Å². The molecular weight excluding hydrogens is 262 g/mol. The van der Waals surface area contributed by atoms with E-state index < -0.39 is 6.10 Å². The molecule has 1 aromatic carbocycles. The first kappa shape index (κ1) is 14.1. The molecular formula is C15H18ClNO2. The number of hydrogen-bond acceptors (Lipinski definition) is 3. The van der Waals surface area contributed by atoms with Gasteiger partial charge in [-0.1, -0.05) is 29.8 Å². The van der Waals surface area contributed by atoms with E-state index in [1.165, 1.54) is 0 Å². The zero-order valence-electron chi connectivity index (χ0n) is 11.1. The average molecular weight is 280 g/mol. The summed E-state index contributed by atoms with van der Waals surface area (Å²) >= 11 is 6.07. The Kier molecular flexibility index (Phi) is 4.64. The van der Waals surface area contributed by atoms with Crippen LogP contribution in [0.1, 0.15) is 23.2 Å². The highest BCUT2D eigenvalue weighted by molar-refractivity contribution is 6.31. The van der Waals surface area contributed by atoms with Crippen molar-refractivity contribution in [3.8, 4) is 0 Å². The Labute approximate surface area is 118 Å². The Morgan fingerprint density at radius 1 is 1.26 bits per heavy atom. The van der Waals surface area contributed by atoms with Crippen molar-refractivity contribution < 1.29 is 9.52 Å². The van der Waals surface area contributed by atoms with Crippen LogP contribution in [-0.2, 0) is 6.54 Å². The van der Waals surface area contributed by atoms with Crippen LogP contribution in [0.15, 0.2) is 40.8 Å². The van der Waals surface area contributed by atoms with Gasteiger partial charge in [0.1, 0.15) is 11.5 Å². The van der Waals surface area contributed by atoms with Gasteiger partial charge in [0.15, 0.2) is 0 Å². The summed E-state index contributed by atoms with van der Waals surface area (Å²) in [5, 5.41) is 10.8. The number of aryl methyl sites for hydroxylation is 1. The number of hydrogen-bond donors (Lipinski definition) is 1. The number of furan rings is 1. The molecule has 0 saturated heterocycles. The summed E-state index contributed by atoms with van der Waals surface area (Å²) < 4.78 is 5.52. The van der Waals surface area contributed by atoms with Crippen molar-refractivity contribution in [2.45, 2.75) is 19.6 Å². The summed E-state index contributed by atoms with van der Waals surface area (Å²) in [7, 11) is 1.94. The second kappa shape index (κ2) is 6.24. The standard InChI is InChI=1S/C15H18ClNO2/c1-11-7-8-12(19-11)9-17(2)10-15(18)13-5-3-4-6-14(13)16/h3-8,15,18H,9-10H2,1-2H3. The first-order valence-corrected chi connectivity index (χ1v) is 6.60. The molecule has 2 aromatic rings. The second-order valence-electron chi connectivity index (χ2n) is 4.75. The second-order valence-corrected chi connectivity index (χ2v) is 5.15. The van der Waals surface area contributed by atoms with Gasteiger partial charge in [0.2, 0.25) is 0 Å². The fraction of sp³-hybridized carbons (Fsp3) is 0.333. The van der Waals surface area contributed by atoms with Crippen molar-refractivity contribution in [2.75, 3.05) is 13.6 Å². The third-order valence-electron chi connectivity index (χ3n) is 2.97. The van der Waals surface area contributed by atoms with Crippen LogP contribution in [0, 0.1) is 6.92 Å². The van der Waals surface area contributed by atoms with Crippen LogP contribution in [0.3, 0.4) is 0 Å². The maximum absolute atomic E-state index is 10.2. The summed E-state index contributed by atoms with van der Waals surface area (Å²) in [5.74, 6) is 1.79. The van der Waals surface area contributed by atoms with Crippen molar-refractivity contribution in [1.29, 1.82) is 0 Å². The summed E-state index contributed by atoms with van der Waals surface area (Å²) in [4.78, 5) is 2.01. The molecule has 1 N–H and O–H groups in total. The van der Waals surface area contributed by atoms with Gasteiger partial charge < -0.3 is 9.52 Å². The molecule has 0 radical (unpaired) electrons. The number of aliphatic hydroxyl groups excluding tert-OH is 1. The zero-order valence-corrected chi connectivity index (χ0v) is 11.9. The van der Waals surface area contributed by atoms with Crippen molar-refractivity contribution in [1.82, 2.24) is 4.90 Å². The fourth-order valence-corrected chi connectivity index (χ4v) is 2.30. The van der Waals surface area contributed by atoms with E-state index in [0.29, 0.717) is 18.1 Å². The highest BCUT2D eigenvalue weighted by atomic mass is 35.5. The van der Waals surface area contributed by atoms with E-state index in [-0.39, 0.29) is 0 Å². The number of aliphatic hydroxyl groups is 1. The number of rotatable bonds is 5. The molecule has 0 aliphatic heterocycles. The minimum absolute atomic E-state index is 0.503. The van der Waals surface area contributed by atoms with Crippen LogP contribution in [0.25, 0.3) is 0 Å². The van der Waals surface area contributed by atoms with Crippen molar-refractivity contribution >= 4 is 11.6 Å².